The zero-order chi connectivity index (χ0) is 13.8. The van der Waals surface area contributed by atoms with Gasteiger partial charge in [0.25, 0.3) is 0 Å². The van der Waals surface area contributed by atoms with E-state index >= 15 is 0 Å². The van der Waals surface area contributed by atoms with Gasteiger partial charge < -0.3 is 10.2 Å². The van der Waals surface area contributed by atoms with Gasteiger partial charge in [-0.1, -0.05) is 0 Å². The maximum absolute atomic E-state index is 4.58. The number of pyridine rings is 1. The van der Waals surface area contributed by atoms with E-state index in [1.807, 2.05) is 13.2 Å². The van der Waals surface area contributed by atoms with Gasteiger partial charge in [-0.3, -0.25) is 0 Å². The SMILES string of the molecule is CNCc1cnc(N(C)Cc2csc(Br)c2)c(C)c1. The number of nitrogens with one attached hydrogen (secondary N) is 1. The number of anilines is 1. The highest BCUT2D eigenvalue weighted by Gasteiger charge is 2.08. The lowest BCUT2D eigenvalue weighted by Crippen LogP contribution is -2.19. The smallest absolute Gasteiger partial charge is 0.131 e. The van der Waals surface area contributed by atoms with Crippen molar-refractivity contribution in [3.8, 4) is 0 Å². The van der Waals surface area contributed by atoms with Crippen molar-refractivity contribution in [1.82, 2.24) is 10.3 Å². The van der Waals surface area contributed by atoms with E-state index in [1.54, 1.807) is 11.3 Å². The van der Waals surface area contributed by atoms with Crippen LogP contribution in [0, 0.1) is 6.92 Å². The molecule has 0 saturated heterocycles. The average molecular weight is 340 g/mol. The molecule has 0 bridgehead atoms. The summed E-state index contributed by atoms with van der Waals surface area (Å²) < 4.78 is 1.17. The highest BCUT2D eigenvalue weighted by molar-refractivity contribution is 9.11. The standard InChI is InChI=1S/C14H18BrN3S/c1-10-4-11(6-16-2)7-17-14(10)18(3)8-12-5-13(15)19-9-12/h4-5,7,9,16H,6,8H2,1-3H3. The quantitative estimate of drug-likeness (QED) is 0.902. The van der Waals surface area contributed by atoms with Crippen molar-refractivity contribution in [3.05, 3.63) is 44.2 Å². The summed E-state index contributed by atoms with van der Waals surface area (Å²) in [6.45, 7) is 3.85. The molecule has 2 aromatic rings. The van der Waals surface area contributed by atoms with Gasteiger partial charge >= 0.3 is 0 Å². The molecular weight excluding hydrogens is 322 g/mol. The van der Waals surface area contributed by atoms with Gasteiger partial charge in [-0.05, 0) is 64.1 Å². The Morgan fingerprint density at radius 1 is 1.37 bits per heavy atom. The van der Waals surface area contributed by atoms with Gasteiger partial charge in [-0.2, -0.15) is 0 Å². The molecule has 3 nitrogen and oxygen atoms in total. The van der Waals surface area contributed by atoms with Crippen molar-refractivity contribution in [3.63, 3.8) is 0 Å². The van der Waals surface area contributed by atoms with E-state index in [-0.39, 0.29) is 0 Å². The molecule has 2 rings (SSSR count). The first-order valence-corrected chi connectivity index (χ1v) is 7.81. The molecule has 0 aliphatic heterocycles. The Balaban J connectivity index is 2.12. The zero-order valence-electron chi connectivity index (χ0n) is 11.4. The van der Waals surface area contributed by atoms with E-state index < -0.39 is 0 Å². The van der Waals surface area contributed by atoms with E-state index in [4.69, 9.17) is 0 Å². The first-order valence-electron chi connectivity index (χ1n) is 6.14. The number of hydrogen-bond donors (Lipinski definition) is 1. The molecule has 0 fully saturated rings. The van der Waals surface area contributed by atoms with Crippen LogP contribution in [0.25, 0.3) is 0 Å². The Hall–Kier alpha value is -0.910. The monoisotopic (exact) mass is 339 g/mol. The maximum Gasteiger partial charge on any atom is 0.131 e. The summed E-state index contributed by atoms with van der Waals surface area (Å²) >= 11 is 5.21. The topological polar surface area (TPSA) is 28.2 Å². The molecule has 0 aliphatic rings. The fraction of sp³-hybridized carbons (Fsp3) is 0.357. The molecule has 0 atom stereocenters. The van der Waals surface area contributed by atoms with Crippen LogP contribution in [0.3, 0.4) is 0 Å². The van der Waals surface area contributed by atoms with Crippen molar-refractivity contribution in [1.29, 1.82) is 0 Å². The lowest BCUT2D eigenvalue weighted by atomic mass is 10.2. The second kappa shape index (κ2) is 6.50. The molecule has 19 heavy (non-hydrogen) atoms. The zero-order valence-corrected chi connectivity index (χ0v) is 13.8. The van der Waals surface area contributed by atoms with Crippen LogP contribution in [0.15, 0.2) is 27.5 Å². The number of aryl methyl sites for hydroxylation is 1. The Morgan fingerprint density at radius 2 is 2.16 bits per heavy atom. The number of halogens is 1. The summed E-state index contributed by atoms with van der Waals surface area (Å²) in [5.41, 5.74) is 3.74. The third-order valence-electron chi connectivity index (χ3n) is 2.89. The molecular formula is C14H18BrN3S. The predicted molar refractivity (Wildman–Crippen MR) is 85.9 cm³/mol. The summed E-state index contributed by atoms with van der Waals surface area (Å²) in [5.74, 6) is 1.04. The molecule has 0 aliphatic carbocycles. The lowest BCUT2D eigenvalue weighted by molar-refractivity contribution is 0.807. The van der Waals surface area contributed by atoms with Crippen LogP contribution in [0.5, 0.6) is 0 Å². The van der Waals surface area contributed by atoms with Gasteiger partial charge in [-0.25, -0.2) is 4.98 Å². The molecule has 0 radical (unpaired) electrons. The molecule has 0 amide bonds. The fourth-order valence-corrected chi connectivity index (χ4v) is 3.30. The molecule has 102 valence electrons. The summed E-state index contributed by atoms with van der Waals surface area (Å²) in [6, 6.07) is 4.35. The van der Waals surface area contributed by atoms with E-state index in [0.717, 1.165) is 18.9 Å². The van der Waals surface area contributed by atoms with Gasteiger partial charge in [0.15, 0.2) is 0 Å². The number of nitrogens with zero attached hydrogens (tertiary/aromatic N) is 2. The number of thiophene rings is 1. The first-order chi connectivity index (χ1) is 9.10. The second-order valence-electron chi connectivity index (χ2n) is 4.63. The summed E-state index contributed by atoms with van der Waals surface area (Å²) in [5, 5.41) is 5.32. The summed E-state index contributed by atoms with van der Waals surface area (Å²) in [6.07, 6.45) is 1.94. The van der Waals surface area contributed by atoms with Gasteiger partial charge in [0, 0.05) is 26.3 Å². The minimum Gasteiger partial charge on any atom is -0.355 e. The normalized spacial score (nSPS) is 10.7. The van der Waals surface area contributed by atoms with Gasteiger partial charge in [0.05, 0.1) is 3.79 Å². The molecule has 1 N–H and O–H groups in total. The van der Waals surface area contributed by atoms with Gasteiger partial charge in [0.2, 0.25) is 0 Å². The highest BCUT2D eigenvalue weighted by Crippen LogP contribution is 2.24. The van der Waals surface area contributed by atoms with Crippen LogP contribution in [-0.4, -0.2) is 19.1 Å². The fourth-order valence-electron chi connectivity index (χ4n) is 2.10. The number of aromatic nitrogens is 1. The van der Waals surface area contributed by atoms with Gasteiger partial charge in [0.1, 0.15) is 5.82 Å². The third kappa shape index (κ3) is 3.78. The van der Waals surface area contributed by atoms with Crippen molar-refractivity contribution in [2.75, 3.05) is 19.0 Å². The average Bonchev–Trinajstić information content (AvgIpc) is 2.75. The highest BCUT2D eigenvalue weighted by atomic mass is 79.9. The van der Waals surface area contributed by atoms with E-state index in [1.165, 1.54) is 20.5 Å². The number of hydrogen-bond acceptors (Lipinski definition) is 4. The Morgan fingerprint density at radius 3 is 2.74 bits per heavy atom. The van der Waals surface area contributed by atoms with Crippen molar-refractivity contribution in [2.45, 2.75) is 20.0 Å². The minimum atomic E-state index is 0.856. The maximum atomic E-state index is 4.58. The minimum absolute atomic E-state index is 0.856. The molecule has 0 spiro atoms. The molecule has 5 heteroatoms. The van der Waals surface area contributed by atoms with Crippen LogP contribution in [0.2, 0.25) is 0 Å². The van der Waals surface area contributed by atoms with Crippen molar-refractivity contribution >= 4 is 33.1 Å². The lowest BCUT2D eigenvalue weighted by Gasteiger charge is -2.20. The molecule has 2 aromatic heterocycles. The van der Waals surface area contributed by atoms with Gasteiger partial charge in [-0.15, -0.1) is 11.3 Å². The van der Waals surface area contributed by atoms with Crippen molar-refractivity contribution < 1.29 is 0 Å². The second-order valence-corrected chi connectivity index (χ2v) is 6.92. The number of rotatable bonds is 5. The molecule has 0 saturated carbocycles. The van der Waals surface area contributed by atoms with Crippen LogP contribution in [-0.2, 0) is 13.1 Å². The predicted octanol–water partition coefficient (Wildman–Crippen LogP) is 3.57. The van der Waals surface area contributed by atoms with E-state index in [9.17, 15) is 0 Å². The van der Waals surface area contributed by atoms with Crippen LogP contribution >= 0.6 is 27.3 Å². The molecule has 2 heterocycles. The van der Waals surface area contributed by atoms with E-state index in [2.05, 4.69) is 62.6 Å². The Labute approximate surface area is 126 Å². The largest absolute Gasteiger partial charge is 0.355 e. The summed E-state index contributed by atoms with van der Waals surface area (Å²) in [4.78, 5) is 6.76. The van der Waals surface area contributed by atoms with E-state index in [0.29, 0.717) is 0 Å². The molecule has 0 unspecified atom stereocenters. The third-order valence-corrected chi connectivity index (χ3v) is 4.44. The molecule has 0 aromatic carbocycles. The summed E-state index contributed by atoms with van der Waals surface area (Å²) in [7, 11) is 4.03. The van der Waals surface area contributed by atoms with Crippen molar-refractivity contribution in [2.24, 2.45) is 0 Å². The van der Waals surface area contributed by atoms with Crippen LogP contribution in [0.1, 0.15) is 16.7 Å². The van der Waals surface area contributed by atoms with Crippen LogP contribution < -0.4 is 10.2 Å². The Kier molecular flexibility index (Phi) is 4.96. The Bertz CT molecular complexity index is 553. The first kappa shape index (κ1) is 14.5. The van der Waals surface area contributed by atoms with Crippen LogP contribution in [0.4, 0.5) is 5.82 Å².